The van der Waals surface area contributed by atoms with Crippen molar-refractivity contribution < 1.29 is 9.53 Å². The Morgan fingerprint density at radius 2 is 1.76 bits per heavy atom. The van der Waals surface area contributed by atoms with Gasteiger partial charge in [0, 0.05) is 19.0 Å². The smallest absolute Gasteiger partial charge is 0.410 e. The maximum atomic E-state index is 11.6. The van der Waals surface area contributed by atoms with Crippen LogP contribution < -0.4 is 5.32 Å². The molecule has 0 aliphatic carbocycles. The van der Waals surface area contributed by atoms with Crippen molar-refractivity contribution in [2.45, 2.75) is 58.5 Å². The minimum atomic E-state index is -0.441. The molecule has 1 N–H and O–H groups in total. The fourth-order valence-electron chi connectivity index (χ4n) is 2.32. The summed E-state index contributed by atoms with van der Waals surface area (Å²) in [5.41, 5.74) is -0.441. The highest BCUT2D eigenvalue weighted by Gasteiger charge is 2.26. The van der Waals surface area contributed by atoms with Crippen LogP contribution in [0.3, 0.4) is 0 Å². The number of carbonyl (C=O) groups is 1. The zero-order chi connectivity index (χ0) is 15.7. The topological polar surface area (TPSA) is 65.4 Å². The number of nitrogens with zero attached hydrogens (tertiary/aromatic N) is 2. The van der Waals surface area contributed by atoms with Crippen molar-refractivity contribution in [2.75, 3.05) is 26.2 Å². The second-order valence-corrected chi connectivity index (χ2v) is 6.68. The van der Waals surface area contributed by atoms with E-state index in [1.807, 2.05) is 20.8 Å². The van der Waals surface area contributed by atoms with Crippen LogP contribution >= 0.6 is 0 Å². The van der Waals surface area contributed by atoms with Crippen LogP contribution in [0.5, 0.6) is 0 Å². The average molecular weight is 295 g/mol. The molecule has 2 heterocycles. The molecule has 0 aromatic heterocycles. The number of hydrogen-bond donors (Lipinski definition) is 1. The Balaban J connectivity index is 0.000000304. The van der Waals surface area contributed by atoms with Crippen LogP contribution in [0.4, 0.5) is 4.79 Å². The molecule has 21 heavy (non-hydrogen) atoms. The summed E-state index contributed by atoms with van der Waals surface area (Å²) in [5.74, 6) is 0.101. The van der Waals surface area contributed by atoms with Gasteiger partial charge in [0.25, 0.3) is 0 Å². The van der Waals surface area contributed by atoms with Crippen LogP contribution in [0.15, 0.2) is 0 Å². The van der Waals surface area contributed by atoms with E-state index in [1.165, 1.54) is 32.4 Å². The third-order valence-electron chi connectivity index (χ3n) is 3.54. The molecule has 0 aromatic carbocycles. The van der Waals surface area contributed by atoms with Gasteiger partial charge in [0.05, 0.1) is 6.07 Å². The summed E-state index contributed by atoms with van der Waals surface area (Å²) in [5, 5.41) is 12.0. The number of piperidine rings is 2. The number of rotatable bonds is 0. The van der Waals surface area contributed by atoms with Crippen LogP contribution in [0.1, 0.15) is 52.9 Å². The van der Waals surface area contributed by atoms with Gasteiger partial charge in [-0.25, -0.2) is 4.79 Å². The lowest BCUT2D eigenvalue weighted by Crippen LogP contribution is -2.41. The Morgan fingerprint density at radius 3 is 2.10 bits per heavy atom. The highest BCUT2D eigenvalue weighted by Crippen LogP contribution is 2.18. The van der Waals surface area contributed by atoms with Crippen molar-refractivity contribution in [1.82, 2.24) is 10.2 Å². The van der Waals surface area contributed by atoms with Gasteiger partial charge >= 0.3 is 6.09 Å². The van der Waals surface area contributed by atoms with Crippen molar-refractivity contribution in [3.63, 3.8) is 0 Å². The highest BCUT2D eigenvalue weighted by molar-refractivity contribution is 5.68. The Morgan fingerprint density at radius 1 is 1.19 bits per heavy atom. The zero-order valence-electron chi connectivity index (χ0n) is 13.7. The van der Waals surface area contributed by atoms with Gasteiger partial charge in [0.1, 0.15) is 5.60 Å². The molecule has 2 saturated heterocycles. The number of ether oxygens (including phenoxy) is 1. The van der Waals surface area contributed by atoms with E-state index in [0.29, 0.717) is 13.1 Å². The zero-order valence-corrected chi connectivity index (χ0v) is 13.7. The fraction of sp³-hybridized carbons (Fsp3) is 0.875. The molecule has 0 saturated carbocycles. The monoisotopic (exact) mass is 295 g/mol. The quantitative estimate of drug-likeness (QED) is 0.746. The Hall–Kier alpha value is -1.28. The average Bonchev–Trinajstić information content (AvgIpc) is 2.48. The maximum Gasteiger partial charge on any atom is 0.410 e. The van der Waals surface area contributed by atoms with Crippen molar-refractivity contribution in [3.8, 4) is 6.07 Å². The number of amides is 1. The number of likely N-dealkylation sites (tertiary alicyclic amines) is 1. The molecule has 0 atom stereocenters. The standard InChI is InChI=1S/C11H18N2O2.C5H11N/c1-11(2,3)15-10(14)13-6-4-9(8-12)5-7-13;1-2-4-6-5-3-1/h9H,4-7H2,1-3H3;6H,1-5H2. The largest absolute Gasteiger partial charge is 0.444 e. The van der Waals surface area contributed by atoms with Gasteiger partial charge in [0.2, 0.25) is 0 Å². The Bertz CT molecular complexity index is 334. The van der Waals surface area contributed by atoms with E-state index in [2.05, 4.69) is 11.4 Å². The molecule has 2 aliphatic rings. The first-order chi connectivity index (χ1) is 9.92. The molecule has 120 valence electrons. The van der Waals surface area contributed by atoms with Crippen LogP contribution in [-0.2, 0) is 4.74 Å². The summed E-state index contributed by atoms with van der Waals surface area (Å²) in [6, 6.07) is 2.23. The van der Waals surface area contributed by atoms with Crippen molar-refractivity contribution in [3.05, 3.63) is 0 Å². The SMILES string of the molecule is C1CCNCC1.CC(C)(C)OC(=O)N1CCC(C#N)CC1. The first-order valence-corrected chi connectivity index (χ1v) is 8.00. The van der Waals surface area contributed by atoms with Crippen molar-refractivity contribution in [2.24, 2.45) is 5.92 Å². The van der Waals surface area contributed by atoms with E-state index in [4.69, 9.17) is 10.00 Å². The maximum absolute atomic E-state index is 11.6. The molecular formula is C16H29N3O2. The van der Waals surface area contributed by atoms with E-state index >= 15 is 0 Å². The molecule has 2 fully saturated rings. The number of nitrogens with one attached hydrogen (secondary N) is 1. The molecule has 5 nitrogen and oxygen atoms in total. The summed E-state index contributed by atoms with van der Waals surface area (Å²) >= 11 is 0. The number of carbonyl (C=O) groups excluding carboxylic acids is 1. The molecule has 5 heteroatoms. The lowest BCUT2D eigenvalue weighted by Gasteiger charge is -2.31. The molecule has 2 rings (SSSR count). The predicted octanol–water partition coefficient (Wildman–Crippen LogP) is 2.92. The van der Waals surface area contributed by atoms with Crippen LogP contribution in [0.2, 0.25) is 0 Å². The van der Waals surface area contributed by atoms with E-state index in [1.54, 1.807) is 4.90 Å². The van der Waals surface area contributed by atoms with Gasteiger partial charge in [-0.05, 0) is 59.5 Å². The number of hydrogen-bond acceptors (Lipinski definition) is 4. The normalized spacial score (nSPS) is 20.0. The van der Waals surface area contributed by atoms with Crippen LogP contribution in [0, 0.1) is 17.2 Å². The Labute approximate surface area is 128 Å². The lowest BCUT2D eigenvalue weighted by atomic mass is 9.99. The molecular weight excluding hydrogens is 266 g/mol. The van der Waals surface area contributed by atoms with Gasteiger partial charge in [0.15, 0.2) is 0 Å². The summed E-state index contributed by atoms with van der Waals surface area (Å²) in [6.07, 6.45) is 5.47. The Kier molecular flexibility index (Phi) is 7.52. The third-order valence-corrected chi connectivity index (χ3v) is 3.54. The molecule has 1 amide bonds. The molecule has 0 radical (unpaired) electrons. The summed E-state index contributed by atoms with van der Waals surface area (Å²) in [4.78, 5) is 13.3. The van der Waals surface area contributed by atoms with Crippen LogP contribution in [-0.4, -0.2) is 42.8 Å². The van der Waals surface area contributed by atoms with Crippen LogP contribution in [0.25, 0.3) is 0 Å². The van der Waals surface area contributed by atoms with E-state index in [9.17, 15) is 4.79 Å². The summed E-state index contributed by atoms with van der Waals surface area (Å²) in [6.45, 7) is 9.33. The van der Waals surface area contributed by atoms with Gasteiger partial charge in [-0.15, -0.1) is 0 Å². The summed E-state index contributed by atoms with van der Waals surface area (Å²) < 4.78 is 5.25. The molecule has 0 unspecified atom stereocenters. The second-order valence-electron chi connectivity index (χ2n) is 6.68. The lowest BCUT2D eigenvalue weighted by molar-refractivity contribution is 0.0199. The number of nitriles is 1. The minimum absolute atomic E-state index is 0.101. The second kappa shape index (κ2) is 8.89. The highest BCUT2D eigenvalue weighted by atomic mass is 16.6. The van der Waals surface area contributed by atoms with E-state index in [-0.39, 0.29) is 12.0 Å². The van der Waals surface area contributed by atoms with E-state index < -0.39 is 5.60 Å². The van der Waals surface area contributed by atoms with Gasteiger partial charge in [-0.3, -0.25) is 0 Å². The molecule has 0 bridgehead atoms. The summed E-state index contributed by atoms with van der Waals surface area (Å²) in [7, 11) is 0. The molecule has 0 spiro atoms. The van der Waals surface area contributed by atoms with Crippen molar-refractivity contribution >= 4 is 6.09 Å². The fourth-order valence-corrected chi connectivity index (χ4v) is 2.32. The van der Waals surface area contributed by atoms with Gasteiger partial charge in [-0.2, -0.15) is 5.26 Å². The van der Waals surface area contributed by atoms with E-state index in [0.717, 1.165) is 12.8 Å². The first kappa shape index (κ1) is 17.8. The molecule has 2 aliphatic heterocycles. The van der Waals surface area contributed by atoms with Gasteiger partial charge in [-0.1, -0.05) is 6.42 Å². The first-order valence-electron chi connectivity index (χ1n) is 8.00. The predicted molar refractivity (Wildman–Crippen MR) is 82.9 cm³/mol. The molecule has 0 aromatic rings. The third kappa shape index (κ3) is 7.91. The van der Waals surface area contributed by atoms with Gasteiger partial charge < -0.3 is 15.0 Å². The van der Waals surface area contributed by atoms with Crippen molar-refractivity contribution in [1.29, 1.82) is 5.26 Å². The minimum Gasteiger partial charge on any atom is -0.444 e.